The molecule has 1 aromatic heterocycles. The van der Waals surface area contributed by atoms with E-state index in [0.717, 1.165) is 12.1 Å². The molecule has 0 spiro atoms. The molecule has 2 aromatic carbocycles. The van der Waals surface area contributed by atoms with Crippen molar-refractivity contribution in [2.45, 2.75) is 19.5 Å². The summed E-state index contributed by atoms with van der Waals surface area (Å²) in [4.78, 5) is 22.6. The normalized spacial score (nSPS) is 11.3. The minimum absolute atomic E-state index is 0.0900. The predicted molar refractivity (Wildman–Crippen MR) is 98.7 cm³/mol. The zero-order valence-electron chi connectivity index (χ0n) is 15.1. The first-order chi connectivity index (χ1) is 13.6. The maximum atomic E-state index is 12.8. The minimum atomic E-state index is -4.49. The van der Waals surface area contributed by atoms with Crippen LogP contribution in [0.3, 0.4) is 0 Å². The topological polar surface area (TPSA) is 90.1 Å². The Morgan fingerprint density at radius 2 is 1.86 bits per heavy atom. The van der Waals surface area contributed by atoms with E-state index < -0.39 is 22.6 Å². The van der Waals surface area contributed by atoms with Crippen LogP contribution in [0.2, 0.25) is 0 Å². The molecule has 3 aromatic rings. The molecule has 0 saturated heterocycles. The van der Waals surface area contributed by atoms with E-state index in [1.807, 2.05) is 0 Å². The van der Waals surface area contributed by atoms with Crippen LogP contribution in [0.25, 0.3) is 5.69 Å². The fourth-order valence-electron chi connectivity index (χ4n) is 2.73. The van der Waals surface area contributed by atoms with E-state index in [0.29, 0.717) is 17.2 Å². The van der Waals surface area contributed by atoms with Crippen molar-refractivity contribution in [3.05, 3.63) is 81.5 Å². The van der Waals surface area contributed by atoms with Crippen LogP contribution >= 0.6 is 0 Å². The van der Waals surface area contributed by atoms with Crippen LogP contribution in [-0.4, -0.2) is 20.6 Å². The summed E-state index contributed by atoms with van der Waals surface area (Å²) in [7, 11) is 0. The Morgan fingerprint density at radius 3 is 2.48 bits per heavy atom. The Bertz CT molecular complexity index is 1060. The molecule has 0 unspecified atom stereocenters. The van der Waals surface area contributed by atoms with E-state index >= 15 is 0 Å². The van der Waals surface area contributed by atoms with Gasteiger partial charge in [-0.2, -0.15) is 18.3 Å². The highest BCUT2D eigenvalue weighted by atomic mass is 19.4. The number of carbonyl (C=O) groups excluding carboxylic acids is 1. The first kappa shape index (κ1) is 20.1. The predicted octanol–water partition coefficient (Wildman–Crippen LogP) is 4.29. The standard InChI is InChI=1S/C19H15F3N4O3/c1-12-9-17(25(24-12)15-5-7-16(8-6-15)26(28)29)23-18(27)11-13-3-2-4-14(10-13)19(20,21)22/h2-10H,11H2,1H3,(H,23,27). The molecule has 150 valence electrons. The molecule has 29 heavy (non-hydrogen) atoms. The second-order valence-corrected chi connectivity index (χ2v) is 6.28. The van der Waals surface area contributed by atoms with Gasteiger partial charge in [-0.3, -0.25) is 14.9 Å². The highest BCUT2D eigenvalue weighted by Gasteiger charge is 2.30. The number of nitro benzene ring substituents is 1. The lowest BCUT2D eigenvalue weighted by atomic mass is 10.1. The molecule has 0 fully saturated rings. The number of alkyl halides is 3. The van der Waals surface area contributed by atoms with Crippen LogP contribution in [0, 0.1) is 17.0 Å². The second-order valence-electron chi connectivity index (χ2n) is 6.28. The number of halogens is 3. The molecule has 0 atom stereocenters. The van der Waals surface area contributed by atoms with E-state index in [4.69, 9.17) is 0 Å². The third kappa shape index (κ3) is 4.78. The lowest BCUT2D eigenvalue weighted by molar-refractivity contribution is -0.384. The van der Waals surface area contributed by atoms with Crippen molar-refractivity contribution >= 4 is 17.4 Å². The van der Waals surface area contributed by atoms with Crippen molar-refractivity contribution < 1.29 is 22.9 Å². The fourth-order valence-corrected chi connectivity index (χ4v) is 2.73. The van der Waals surface area contributed by atoms with Gasteiger partial charge < -0.3 is 5.32 Å². The van der Waals surface area contributed by atoms with Crippen molar-refractivity contribution in [2.24, 2.45) is 0 Å². The molecule has 1 amide bonds. The molecule has 0 saturated carbocycles. The molecule has 3 rings (SSSR count). The lowest BCUT2D eigenvalue weighted by Gasteiger charge is -2.10. The lowest BCUT2D eigenvalue weighted by Crippen LogP contribution is -2.17. The highest BCUT2D eigenvalue weighted by molar-refractivity contribution is 5.91. The number of non-ortho nitro benzene ring substituents is 1. The number of benzene rings is 2. The molecule has 1 heterocycles. The molecule has 0 aliphatic heterocycles. The summed E-state index contributed by atoms with van der Waals surface area (Å²) in [6.45, 7) is 1.70. The summed E-state index contributed by atoms with van der Waals surface area (Å²) >= 11 is 0. The van der Waals surface area contributed by atoms with Crippen molar-refractivity contribution in [1.29, 1.82) is 0 Å². The van der Waals surface area contributed by atoms with Gasteiger partial charge in [-0.05, 0) is 30.7 Å². The number of rotatable bonds is 5. The Labute approximate surface area is 162 Å². The third-order valence-electron chi connectivity index (χ3n) is 4.02. The van der Waals surface area contributed by atoms with Gasteiger partial charge in [-0.25, -0.2) is 4.68 Å². The Morgan fingerprint density at radius 1 is 1.17 bits per heavy atom. The van der Waals surface area contributed by atoms with Crippen LogP contribution < -0.4 is 5.32 Å². The van der Waals surface area contributed by atoms with E-state index in [9.17, 15) is 28.1 Å². The van der Waals surface area contributed by atoms with Crippen LogP contribution in [0.5, 0.6) is 0 Å². The SMILES string of the molecule is Cc1cc(NC(=O)Cc2cccc(C(F)(F)F)c2)n(-c2ccc([N+](=O)[O-])cc2)n1. The van der Waals surface area contributed by atoms with Crippen molar-refractivity contribution in [1.82, 2.24) is 9.78 Å². The van der Waals surface area contributed by atoms with Gasteiger partial charge in [-0.15, -0.1) is 0 Å². The number of aromatic nitrogens is 2. The second kappa shape index (κ2) is 7.74. The van der Waals surface area contributed by atoms with Crippen molar-refractivity contribution in [3.63, 3.8) is 0 Å². The zero-order chi connectivity index (χ0) is 21.2. The number of hydrogen-bond acceptors (Lipinski definition) is 4. The molecule has 0 aliphatic carbocycles. The Hall–Kier alpha value is -3.69. The Kier molecular flexibility index (Phi) is 5.35. The molecule has 0 radical (unpaired) electrons. The number of nitrogens with zero attached hydrogens (tertiary/aromatic N) is 3. The number of nitro groups is 1. The summed E-state index contributed by atoms with van der Waals surface area (Å²) in [5, 5.41) is 17.6. The summed E-state index contributed by atoms with van der Waals surface area (Å²) in [5.41, 5.74) is 0.369. The van der Waals surface area contributed by atoms with E-state index in [2.05, 4.69) is 10.4 Å². The van der Waals surface area contributed by atoms with Crippen LogP contribution in [0.4, 0.5) is 24.7 Å². The van der Waals surface area contributed by atoms with E-state index in [1.165, 1.54) is 41.1 Å². The number of amides is 1. The van der Waals surface area contributed by atoms with E-state index in [1.54, 1.807) is 13.0 Å². The Balaban J connectivity index is 1.79. The summed E-state index contributed by atoms with van der Waals surface area (Å²) in [6, 6.07) is 11.7. The van der Waals surface area contributed by atoms with Crippen LogP contribution in [-0.2, 0) is 17.4 Å². The number of nitrogens with one attached hydrogen (secondary N) is 1. The monoisotopic (exact) mass is 404 g/mol. The van der Waals surface area contributed by atoms with Gasteiger partial charge in [0.05, 0.1) is 28.3 Å². The maximum absolute atomic E-state index is 12.8. The largest absolute Gasteiger partial charge is 0.416 e. The van der Waals surface area contributed by atoms with Gasteiger partial charge in [0.2, 0.25) is 5.91 Å². The van der Waals surface area contributed by atoms with Gasteiger partial charge >= 0.3 is 6.18 Å². The zero-order valence-corrected chi connectivity index (χ0v) is 15.1. The number of anilines is 1. The van der Waals surface area contributed by atoms with Crippen molar-refractivity contribution in [2.75, 3.05) is 5.32 Å². The van der Waals surface area contributed by atoms with Crippen LogP contribution in [0.1, 0.15) is 16.8 Å². The average molecular weight is 404 g/mol. The first-order valence-electron chi connectivity index (χ1n) is 8.41. The van der Waals surface area contributed by atoms with Crippen molar-refractivity contribution in [3.8, 4) is 5.69 Å². The quantitative estimate of drug-likeness (QED) is 0.507. The smallest absolute Gasteiger partial charge is 0.310 e. The summed E-state index contributed by atoms with van der Waals surface area (Å²) in [5.74, 6) is -0.222. The molecule has 0 aliphatic rings. The molecular formula is C19H15F3N4O3. The number of hydrogen-bond donors (Lipinski definition) is 1. The third-order valence-corrected chi connectivity index (χ3v) is 4.02. The van der Waals surface area contributed by atoms with Crippen LogP contribution in [0.15, 0.2) is 54.6 Å². The van der Waals surface area contributed by atoms with Gasteiger partial charge in [0.15, 0.2) is 0 Å². The van der Waals surface area contributed by atoms with Gasteiger partial charge in [-0.1, -0.05) is 18.2 Å². The number of carbonyl (C=O) groups is 1. The molecule has 10 heteroatoms. The first-order valence-corrected chi connectivity index (χ1v) is 8.41. The fraction of sp³-hybridized carbons (Fsp3) is 0.158. The van der Waals surface area contributed by atoms with Gasteiger partial charge in [0.25, 0.3) is 5.69 Å². The van der Waals surface area contributed by atoms with Gasteiger partial charge in [0.1, 0.15) is 5.82 Å². The minimum Gasteiger partial charge on any atom is -0.310 e. The maximum Gasteiger partial charge on any atom is 0.416 e. The van der Waals surface area contributed by atoms with E-state index in [-0.39, 0.29) is 17.7 Å². The summed E-state index contributed by atoms with van der Waals surface area (Å²) < 4.78 is 39.9. The molecule has 0 bridgehead atoms. The highest BCUT2D eigenvalue weighted by Crippen LogP contribution is 2.29. The number of aryl methyl sites for hydroxylation is 1. The average Bonchev–Trinajstić information content (AvgIpc) is 3.01. The molecule has 1 N–H and O–H groups in total. The summed E-state index contributed by atoms with van der Waals surface area (Å²) in [6.07, 6.45) is -4.74. The molecule has 7 nitrogen and oxygen atoms in total. The molecular weight excluding hydrogens is 389 g/mol. The van der Waals surface area contributed by atoms with Gasteiger partial charge in [0, 0.05) is 18.2 Å².